The van der Waals surface area contributed by atoms with Gasteiger partial charge in [0.2, 0.25) is 0 Å². The summed E-state index contributed by atoms with van der Waals surface area (Å²) < 4.78 is 5.82. The summed E-state index contributed by atoms with van der Waals surface area (Å²) in [7, 11) is 0. The smallest absolute Gasteiger partial charge is 0.335 e. The van der Waals surface area contributed by atoms with Crippen LogP contribution in [0.3, 0.4) is 0 Å². The lowest BCUT2D eigenvalue weighted by molar-refractivity contribution is 0.0695. The predicted molar refractivity (Wildman–Crippen MR) is 93.2 cm³/mol. The van der Waals surface area contributed by atoms with E-state index in [4.69, 9.17) is 4.74 Å². The monoisotopic (exact) mass is 312 g/mol. The second-order valence-electron chi connectivity index (χ2n) is 6.12. The molecule has 3 nitrogen and oxygen atoms in total. The third kappa shape index (κ3) is 4.35. The average Bonchev–Trinajstić information content (AvgIpc) is 2.52. The normalized spacial score (nSPS) is 10.8. The summed E-state index contributed by atoms with van der Waals surface area (Å²) in [5.41, 5.74) is 3.25. The molecule has 0 unspecified atom stereocenters. The van der Waals surface area contributed by atoms with Crippen molar-refractivity contribution in [1.29, 1.82) is 0 Å². The van der Waals surface area contributed by atoms with Crippen LogP contribution in [-0.4, -0.2) is 17.7 Å². The van der Waals surface area contributed by atoms with Gasteiger partial charge in [0.25, 0.3) is 0 Å². The van der Waals surface area contributed by atoms with Gasteiger partial charge in [-0.25, -0.2) is 4.79 Å². The Morgan fingerprint density at radius 2 is 1.91 bits per heavy atom. The molecule has 0 radical (unpaired) electrons. The van der Waals surface area contributed by atoms with Gasteiger partial charge < -0.3 is 9.84 Å². The molecule has 0 bridgehead atoms. The molecule has 0 aromatic heterocycles. The number of carboxylic acid groups (broad SMARTS) is 1. The number of benzene rings is 2. The van der Waals surface area contributed by atoms with Gasteiger partial charge in [-0.05, 0) is 42.0 Å². The largest absolute Gasteiger partial charge is 0.493 e. The summed E-state index contributed by atoms with van der Waals surface area (Å²) in [6, 6.07) is 13.4. The number of aromatic carboxylic acids is 1. The first-order valence-corrected chi connectivity index (χ1v) is 8.11. The summed E-state index contributed by atoms with van der Waals surface area (Å²) in [5, 5.41) is 9.39. The Bertz CT molecular complexity index is 674. The van der Waals surface area contributed by atoms with Gasteiger partial charge in [-0.1, -0.05) is 51.1 Å². The molecule has 0 atom stereocenters. The zero-order chi connectivity index (χ0) is 16.8. The Kier molecular flexibility index (Phi) is 5.80. The van der Waals surface area contributed by atoms with E-state index in [0.717, 1.165) is 35.3 Å². The first-order valence-electron chi connectivity index (χ1n) is 8.11. The Morgan fingerprint density at radius 3 is 2.57 bits per heavy atom. The number of rotatable bonds is 7. The van der Waals surface area contributed by atoms with Gasteiger partial charge >= 0.3 is 5.97 Å². The van der Waals surface area contributed by atoms with Crippen molar-refractivity contribution in [3.8, 4) is 16.9 Å². The van der Waals surface area contributed by atoms with Gasteiger partial charge in [-0.15, -0.1) is 0 Å². The lowest BCUT2D eigenvalue weighted by Crippen LogP contribution is -2.06. The molecule has 0 aliphatic rings. The highest BCUT2D eigenvalue weighted by Gasteiger charge is 2.14. The Morgan fingerprint density at radius 1 is 1.17 bits per heavy atom. The second-order valence-corrected chi connectivity index (χ2v) is 6.12. The quantitative estimate of drug-likeness (QED) is 0.779. The molecule has 0 aliphatic heterocycles. The maximum Gasteiger partial charge on any atom is 0.335 e. The van der Waals surface area contributed by atoms with Crippen LogP contribution >= 0.6 is 0 Å². The number of ether oxygens (including phenoxy) is 1. The molecule has 0 amide bonds. The summed E-state index contributed by atoms with van der Waals surface area (Å²) in [5.74, 6) is 0.366. The number of para-hydroxylation sites is 1. The zero-order valence-corrected chi connectivity index (χ0v) is 14.0. The molecule has 2 aromatic rings. The van der Waals surface area contributed by atoms with E-state index in [9.17, 15) is 9.90 Å². The second kappa shape index (κ2) is 7.82. The standard InChI is InChI=1S/C20H24O3/c1-4-11-23-19-8-6-5-7-17(19)15-9-10-18(20(21)22)16(13-15)12-14(2)3/h5-10,13-14H,4,11-12H2,1-3H3,(H,21,22). The molecule has 0 saturated heterocycles. The van der Waals surface area contributed by atoms with Crippen LogP contribution in [0.2, 0.25) is 0 Å². The zero-order valence-electron chi connectivity index (χ0n) is 14.0. The van der Waals surface area contributed by atoms with E-state index < -0.39 is 5.97 Å². The SMILES string of the molecule is CCCOc1ccccc1-c1ccc(C(=O)O)c(CC(C)C)c1. The maximum absolute atomic E-state index is 11.4. The molecular formula is C20H24O3. The van der Waals surface area contributed by atoms with E-state index in [0.29, 0.717) is 18.1 Å². The van der Waals surface area contributed by atoms with Crippen LogP contribution in [0.5, 0.6) is 5.75 Å². The predicted octanol–water partition coefficient (Wildman–Crippen LogP) is 5.04. The first-order chi connectivity index (χ1) is 11.0. The third-order valence-electron chi connectivity index (χ3n) is 3.62. The number of hydrogen-bond donors (Lipinski definition) is 1. The van der Waals surface area contributed by atoms with Gasteiger partial charge in [0.05, 0.1) is 12.2 Å². The highest BCUT2D eigenvalue weighted by Crippen LogP contribution is 2.32. The minimum Gasteiger partial charge on any atom is -0.493 e. The fourth-order valence-corrected chi connectivity index (χ4v) is 2.62. The van der Waals surface area contributed by atoms with E-state index in [-0.39, 0.29) is 0 Å². The lowest BCUT2D eigenvalue weighted by atomic mass is 9.93. The highest BCUT2D eigenvalue weighted by molar-refractivity contribution is 5.90. The van der Waals surface area contributed by atoms with Crippen LogP contribution in [0.1, 0.15) is 43.1 Å². The van der Waals surface area contributed by atoms with Crippen LogP contribution in [0, 0.1) is 5.92 Å². The van der Waals surface area contributed by atoms with Crippen molar-refractivity contribution in [1.82, 2.24) is 0 Å². The molecule has 3 heteroatoms. The molecule has 0 saturated carbocycles. The highest BCUT2D eigenvalue weighted by atomic mass is 16.5. The Labute approximate surface area is 137 Å². The third-order valence-corrected chi connectivity index (χ3v) is 3.62. The van der Waals surface area contributed by atoms with Crippen molar-refractivity contribution in [2.75, 3.05) is 6.61 Å². The van der Waals surface area contributed by atoms with Crippen LogP contribution in [0.25, 0.3) is 11.1 Å². The maximum atomic E-state index is 11.4. The van der Waals surface area contributed by atoms with Crippen molar-refractivity contribution in [3.63, 3.8) is 0 Å². The molecule has 23 heavy (non-hydrogen) atoms. The fourth-order valence-electron chi connectivity index (χ4n) is 2.62. The minimum atomic E-state index is -0.872. The van der Waals surface area contributed by atoms with Crippen LogP contribution in [0.4, 0.5) is 0 Å². The van der Waals surface area contributed by atoms with Gasteiger partial charge in [0.15, 0.2) is 0 Å². The molecule has 0 aliphatic carbocycles. The summed E-state index contributed by atoms with van der Waals surface area (Å²) >= 11 is 0. The van der Waals surface area contributed by atoms with Crippen LogP contribution < -0.4 is 4.74 Å². The minimum absolute atomic E-state index is 0.384. The lowest BCUT2D eigenvalue weighted by Gasteiger charge is -2.14. The first kappa shape index (κ1) is 17.1. The van der Waals surface area contributed by atoms with Crippen molar-refractivity contribution in [2.45, 2.75) is 33.6 Å². The number of carboxylic acids is 1. The Balaban J connectivity index is 2.46. The summed E-state index contributed by atoms with van der Waals surface area (Å²) in [4.78, 5) is 11.4. The molecule has 0 heterocycles. The molecule has 1 N–H and O–H groups in total. The molecule has 2 rings (SSSR count). The van der Waals surface area contributed by atoms with Gasteiger partial charge in [-0.2, -0.15) is 0 Å². The van der Waals surface area contributed by atoms with E-state index in [1.807, 2.05) is 36.4 Å². The van der Waals surface area contributed by atoms with Crippen LogP contribution in [0.15, 0.2) is 42.5 Å². The van der Waals surface area contributed by atoms with Crippen molar-refractivity contribution >= 4 is 5.97 Å². The van der Waals surface area contributed by atoms with Crippen molar-refractivity contribution in [2.24, 2.45) is 5.92 Å². The molecule has 0 fully saturated rings. The molecular weight excluding hydrogens is 288 g/mol. The van der Waals surface area contributed by atoms with E-state index in [1.54, 1.807) is 6.07 Å². The summed E-state index contributed by atoms with van der Waals surface area (Å²) in [6.45, 7) is 6.93. The average molecular weight is 312 g/mol. The number of hydrogen-bond acceptors (Lipinski definition) is 2. The Hall–Kier alpha value is -2.29. The van der Waals surface area contributed by atoms with Crippen molar-refractivity contribution in [3.05, 3.63) is 53.6 Å². The fraction of sp³-hybridized carbons (Fsp3) is 0.350. The summed E-state index contributed by atoms with van der Waals surface area (Å²) in [6.07, 6.45) is 1.69. The molecule has 2 aromatic carbocycles. The van der Waals surface area contributed by atoms with Gasteiger partial charge in [0.1, 0.15) is 5.75 Å². The molecule has 0 spiro atoms. The van der Waals surface area contributed by atoms with Crippen molar-refractivity contribution < 1.29 is 14.6 Å². The topological polar surface area (TPSA) is 46.5 Å². The van der Waals surface area contributed by atoms with E-state index in [2.05, 4.69) is 20.8 Å². The van der Waals surface area contributed by atoms with Crippen LogP contribution in [-0.2, 0) is 6.42 Å². The number of carbonyl (C=O) groups is 1. The van der Waals surface area contributed by atoms with E-state index in [1.165, 1.54) is 0 Å². The van der Waals surface area contributed by atoms with Gasteiger partial charge in [0, 0.05) is 5.56 Å². The van der Waals surface area contributed by atoms with E-state index >= 15 is 0 Å². The van der Waals surface area contributed by atoms with Gasteiger partial charge in [-0.3, -0.25) is 0 Å². The molecule has 122 valence electrons.